The van der Waals surface area contributed by atoms with Gasteiger partial charge < -0.3 is 20.5 Å². The van der Waals surface area contributed by atoms with Crippen LogP contribution in [0.2, 0.25) is 0 Å². The van der Waals surface area contributed by atoms with Gasteiger partial charge in [0.25, 0.3) is 5.91 Å². The van der Waals surface area contributed by atoms with Crippen molar-refractivity contribution in [3.63, 3.8) is 0 Å². The number of nitrogens with two attached hydrogens (primary N) is 1. The van der Waals surface area contributed by atoms with Crippen LogP contribution in [-0.4, -0.2) is 31.8 Å². The van der Waals surface area contributed by atoms with Crippen molar-refractivity contribution in [2.24, 2.45) is 0 Å². The zero-order chi connectivity index (χ0) is 13.4. The normalized spacial score (nSPS) is 12.1. The summed E-state index contributed by atoms with van der Waals surface area (Å²) in [6, 6.07) is 7.02. The summed E-state index contributed by atoms with van der Waals surface area (Å²) in [5, 5.41) is 2.74. The van der Waals surface area contributed by atoms with Gasteiger partial charge >= 0.3 is 0 Å². The van der Waals surface area contributed by atoms with Crippen LogP contribution in [0, 0.1) is 0 Å². The lowest BCUT2D eigenvalue weighted by molar-refractivity contribution is -0.127. The van der Waals surface area contributed by atoms with Crippen LogP contribution in [0.25, 0.3) is 0 Å². The average Bonchev–Trinajstić information content (AvgIpc) is 2.34. The van der Waals surface area contributed by atoms with Crippen LogP contribution in [0.1, 0.15) is 13.8 Å². The number of ether oxygens (including phenoxy) is 2. The highest BCUT2D eigenvalue weighted by atomic mass is 16.5. The Labute approximate surface area is 107 Å². The molecule has 0 aromatic heterocycles. The molecule has 5 heteroatoms. The van der Waals surface area contributed by atoms with Crippen LogP contribution in [0.3, 0.4) is 0 Å². The Kier molecular flexibility index (Phi) is 6.18. The highest BCUT2D eigenvalue weighted by molar-refractivity contribution is 5.94. The van der Waals surface area contributed by atoms with E-state index in [-0.39, 0.29) is 5.91 Å². The molecule has 3 N–H and O–H groups in total. The second-order valence-electron chi connectivity index (χ2n) is 3.82. The standard InChI is InChI=1S/C13H20N2O3/c1-3-17-7-8-18-10(2)13(16)15-12-6-4-5-11(14)9-12/h4-6,9-10H,3,7-8,14H2,1-2H3,(H,15,16). The van der Waals surface area contributed by atoms with E-state index in [0.29, 0.717) is 31.2 Å². The lowest BCUT2D eigenvalue weighted by Crippen LogP contribution is -2.28. The fourth-order valence-corrected chi connectivity index (χ4v) is 1.36. The SMILES string of the molecule is CCOCCOC(C)C(=O)Nc1cccc(N)c1. The zero-order valence-corrected chi connectivity index (χ0v) is 10.8. The minimum atomic E-state index is -0.521. The third-order valence-electron chi connectivity index (χ3n) is 2.32. The number of nitrogens with one attached hydrogen (secondary N) is 1. The van der Waals surface area contributed by atoms with Gasteiger partial charge in [0.1, 0.15) is 6.10 Å². The van der Waals surface area contributed by atoms with E-state index in [1.165, 1.54) is 0 Å². The van der Waals surface area contributed by atoms with Gasteiger partial charge in [-0.25, -0.2) is 0 Å². The molecule has 0 saturated carbocycles. The first-order chi connectivity index (χ1) is 8.63. The van der Waals surface area contributed by atoms with Gasteiger partial charge in [-0.1, -0.05) is 6.07 Å². The molecular weight excluding hydrogens is 232 g/mol. The highest BCUT2D eigenvalue weighted by Gasteiger charge is 2.13. The summed E-state index contributed by atoms with van der Waals surface area (Å²) in [7, 11) is 0. The first-order valence-corrected chi connectivity index (χ1v) is 5.99. The predicted molar refractivity (Wildman–Crippen MR) is 71.4 cm³/mol. The molecule has 1 aromatic rings. The van der Waals surface area contributed by atoms with Crippen LogP contribution in [0.4, 0.5) is 11.4 Å². The van der Waals surface area contributed by atoms with Crippen molar-refractivity contribution in [3.8, 4) is 0 Å². The molecular formula is C13H20N2O3. The maximum Gasteiger partial charge on any atom is 0.253 e. The van der Waals surface area contributed by atoms with Gasteiger partial charge in [-0.3, -0.25) is 4.79 Å². The monoisotopic (exact) mass is 252 g/mol. The summed E-state index contributed by atoms with van der Waals surface area (Å²) in [5.41, 5.74) is 6.90. The molecule has 0 aliphatic carbocycles. The Morgan fingerprint density at radius 2 is 2.22 bits per heavy atom. The Morgan fingerprint density at radius 1 is 1.44 bits per heavy atom. The molecule has 0 heterocycles. The third kappa shape index (κ3) is 5.16. The van der Waals surface area contributed by atoms with Crippen molar-refractivity contribution in [3.05, 3.63) is 24.3 Å². The summed E-state index contributed by atoms with van der Waals surface area (Å²) < 4.78 is 10.5. The number of amides is 1. The number of hydrogen-bond acceptors (Lipinski definition) is 4. The molecule has 5 nitrogen and oxygen atoms in total. The van der Waals surface area contributed by atoms with Gasteiger partial charge in [-0.2, -0.15) is 0 Å². The van der Waals surface area contributed by atoms with E-state index in [1.807, 2.05) is 6.92 Å². The van der Waals surface area contributed by atoms with Crippen molar-refractivity contribution < 1.29 is 14.3 Å². The molecule has 0 spiro atoms. The first-order valence-electron chi connectivity index (χ1n) is 5.99. The smallest absolute Gasteiger partial charge is 0.253 e. The van der Waals surface area contributed by atoms with E-state index < -0.39 is 6.10 Å². The predicted octanol–water partition coefficient (Wildman–Crippen LogP) is 1.65. The molecule has 1 atom stereocenters. The molecule has 0 aliphatic rings. The molecule has 1 amide bonds. The number of anilines is 2. The van der Waals surface area contributed by atoms with Gasteiger partial charge in [0.15, 0.2) is 0 Å². The van der Waals surface area contributed by atoms with Crippen molar-refractivity contribution in [2.45, 2.75) is 20.0 Å². The lowest BCUT2D eigenvalue weighted by atomic mass is 10.2. The molecule has 0 aliphatic heterocycles. The van der Waals surface area contributed by atoms with Crippen molar-refractivity contribution in [2.75, 3.05) is 30.9 Å². The fraction of sp³-hybridized carbons (Fsp3) is 0.462. The molecule has 18 heavy (non-hydrogen) atoms. The van der Waals surface area contributed by atoms with Crippen LogP contribution in [0.15, 0.2) is 24.3 Å². The number of hydrogen-bond donors (Lipinski definition) is 2. The van der Waals surface area contributed by atoms with Crippen LogP contribution >= 0.6 is 0 Å². The minimum Gasteiger partial charge on any atom is -0.399 e. The molecule has 100 valence electrons. The summed E-state index contributed by atoms with van der Waals surface area (Å²) in [5.74, 6) is -0.197. The van der Waals surface area contributed by atoms with E-state index in [9.17, 15) is 4.79 Å². The maximum atomic E-state index is 11.8. The largest absolute Gasteiger partial charge is 0.399 e. The molecule has 1 rings (SSSR count). The third-order valence-corrected chi connectivity index (χ3v) is 2.32. The van der Waals surface area contributed by atoms with E-state index in [1.54, 1.807) is 31.2 Å². The van der Waals surface area contributed by atoms with E-state index in [4.69, 9.17) is 15.2 Å². The Morgan fingerprint density at radius 3 is 2.89 bits per heavy atom. The van der Waals surface area contributed by atoms with Crippen molar-refractivity contribution in [1.82, 2.24) is 0 Å². The Hall–Kier alpha value is -1.59. The van der Waals surface area contributed by atoms with Crippen LogP contribution in [-0.2, 0) is 14.3 Å². The van der Waals surface area contributed by atoms with Gasteiger partial charge in [-0.05, 0) is 32.0 Å². The number of benzene rings is 1. The Balaban J connectivity index is 2.35. The lowest BCUT2D eigenvalue weighted by Gasteiger charge is -2.13. The van der Waals surface area contributed by atoms with Gasteiger partial charge in [-0.15, -0.1) is 0 Å². The molecule has 1 aromatic carbocycles. The van der Waals surface area contributed by atoms with E-state index >= 15 is 0 Å². The fourth-order valence-electron chi connectivity index (χ4n) is 1.36. The summed E-state index contributed by atoms with van der Waals surface area (Å²) in [6.07, 6.45) is -0.521. The van der Waals surface area contributed by atoms with Gasteiger partial charge in [0.05, 0.1) is 13.2 Å². The molecule has 0 bridgehead atoms. The Bertz CT molecular complexity index is 382. The minimum absolute atomic E-state index is 0.197. The molecule has 0 saturated heterocycles. The first kappa shape index (κ1) is 14.5. The van der Waals surface area contributed by atoms with Crippen molar-refractivity contribution >= 4 is 17.3 Å². The average molecular weight is 252 g/mol. The van der Waals surface area contributed by atoms with Crippen LogP contribution in [0.5, 0.6) is 0 Å². The quantitative estimate of drug-likeness (QED) is 0.571. The maximum absolute atomic E-state index is 11.8. The number of rotatable bonds is 7. The summed E-state index contributed by atoms with van der Waals surface area (Å²) >= 11 is 0. The van der Waals surface area contributed by atoms with E-state index in [2.05, 4.69) is 5.32 Å². The topological polar surface area (TPSA) is 73.6 Å². The van der Waals surface area contributed by atoms with Gasteiger partial charge in [0, 0.05) is 18.0 Å². The highest BCUT2D eigenvalue weighted by Crippen LogP contribution is 2.12. The zero-order valence-electron chi connectivity index (χ0n) is 10.8. The number of nitrogen functional groups attached to an aromatic ring is 1. The van der Waals surface area contributed by atoms with Crippen molar-refractivity contribution in [1.29, 1.82) is 0 Å². The summed E-state index contributed by atoms with van der Waals surface area (Å²) in [6.45, 7) is 5.16. The second-order valence-corrected chi connectivity index (χ2v) is 3.82. The summed E-state index contributed by atoms with van der Waals surface area (Å²) in [4.78, 5) is 11.8. The molecule has 0 radical (unpaired) electrons. The van der Waals surface area contributed by atoms with E-state index in [0.717, 1.165) is 0 Å². The number of carbonyl (C=O) groups is 1. The van der Waals surface area contributed by atoms with Crippen LogP contribution < -0.4 is 11.1 Å². The molecule has 1 unspecified atom stereocenters. The van der Waals surface area contributed by atoms with Gasteiger partial charge in [0.2, 0.25) is 0 Å². The number of carbonyl (C=O) groups excluding carboxylic acids is 1. The molecule has 0 fully saturated rings. The second kappa shape index (κ2) is 7.68.